The largest absolute Gasteiger partial charge is 0.370 e. The van der Waals surface area contributed by atoms with Crippen molar-refractivity contribution in [3.8, 4) is 0 Å². The van der Waals surface area contributed by atoms with Crippen LogP contribution in [0.3, 0.4) is 0 Å². The zero-order chi connectivity index (χ0) is 11.2. The first-order valence-corrected chi connectivity index (χ1v) is 5.67. The number of hydrogen-bond acceptors (Lipinski definition) is 3. The number of aliphatic imine (C=N–C) groups is 1. The van der Waals surface area contributed by atoms with E-state index in [1.165, 1.54) is 25.7 Å². The summed E-state index contributed by atoms with van der Waals surface area (Å²) in [5.74, 6) is 0.512. The summed E-state index contributed by atoms with van der Waals surface area (Å²) in [6, 6.07) is 4.24. The van der Waals surface area contributed by atoms with Crippen LogP contribution in [0.25, 0.3) is 0 Å². The van der Waals surface area contributed by atoms with Crippen LogP contribution in [0.4, 0.5) is 0 Å². The molecule has 1 aliphatic rings. The van der Waals surface area contributed by atoms with Gasteiger partial charge >= 0.3 is 0 Å². The number of halogens is 1. The lowest BCUT2D eigenvalue weighted by atomic mass is 10.2. The molecule has 0 unspecified atom stereocenters. The van der Waals surface area contributed by atoms with E-state index in [0.29, 0.717) is 18.5 Å². The second-order valence-corrected chi connectivity index (χ2v) is 4.04. The molecule has 5 nitrogen and oxygen atoms in total. The van der Waals surface area contributed by atoms with Crippen molar-refractivity contribution in [3.63, 3.8) is 0 Å². The number of hydrogen-bond donors (Lipinski definition) is 2. The van der Waals surface area contributed by atoms with Gasteiger partial charge in [-0.3, -0.25) is 0 Å². The molecule has 3 N–H and O–H groups in total. The zero-order valence-electron chi connectivity index (χ0n) is 9.67. The highest BCUT2D eigenvalue weighted by Crippen LogP contribution is 2.17. The highest BCUT2D eigenvalue weighted by atomic mass is 127. The Kier molecular flexibility index (Phi) is 6.17. The first kappa shape index (κ1) is 14.1. The molecule has 1 heterocycles. The summed E-state index contributed by atoms with van der Waals surface area (Å²) in [7, 11) is 0. The Morgan fingerprint density at radius 2 is 2.24 bits per heavy atom. The summed E-state index contributed by atoms with van der Waals surface area (Å²) >= 11 is 0. The molecular weight excluding hydrogens is 329 g/mol. The van der Waals surface area contributed by atoms with Gasteiger partial charge in [0.05, 0.1) is 12.2 Å². The zero-order valence-corrected chi connectivity index (χ0v) is 12.0. The van der Waals surface area contributed by atoms with Gasteiger partial charge in [0.1, 0.15) is 0 Å². The number of nitrogens with one attached hydrogen (secondary N) is 1. The second kappa shape index (κ2) is 7.41. The maximum absolute atomic E-state index is 5.79. The standard InChI is InChI=1S/C11H17N5.HI/c12-11(15-9-4-1-2-5-9)13-8-10-6-3-7-14-16-10;/h3,6-7,9H,1-2,4-5,8H2,(H3,12,13,15);1H. The van der Waals surface area contributed by atoms with Gasteiger partial charge in [0.25, 0.3) is 0 Å². The van der Waals surface area contributed by atoms with E-state index in [-0.39, 0.29) is 24.0 Å². The Balaban J connectivity index is 0.00000144. The van der Waals surface area contributed by atoms with Crippen molar-refractivity contribution >= 4 is 29.9 Å². The van der Waals surface area contributed by atoms with Crippen molar-refractivity contribution in [1.82, 2.24) is 15.5 Å². The smallest absolute Gasteiger partial charge is 0.189 e. The maximum Gasteiger partial charge on any atom is 0.189 e. The molecule has 0 amide bonds. The van der Waals surface area contributed by atoms with E-state index in [4.69, 9.17) is 5.73 Å². The van der Waals surface area contributed by atoms with E-state index < -0.39 is 0 Å². The first-order valence-electron chi connectivity index (χ1n) is 5.67. The Morgan fingerprint density at radius 3 is 2.88 bits per heavy atom. The summed E-state index contributed by atoms with van der Waals surface area (Å²) in [6.45, 7) is 0.486. The Hall–Kier alpha value is -0.920. The predicted molar refractivity (Wildman–Crippen MR) is 78.2 cm³/mol. The third kappa shape index (κ3) is 4.84. The summed E-state index contributed by atoms with van der Waals surface area (Å²) in [5, 5.41) is 11.0. The molecule has 0 spiro atoms. The summed E-state index contributed by atoms with van der Waals surface area (Å²) in [5.41, 5.74) is 6.62. The predicted octanol–water partition coefficient (Wildman–Crippen LogP) is 1.44. The molecule has 0 aliphatic heterocycles. The first-order chi connectivity index (χ1) is 7.84. The van der Waals surface area contributed by atoms with Gasteiger partial charge in [0, 0.05) is 12.2 Å². The minimum absolute atomic E-state index is 0. The van der Waals surface area contributed by atoms with E-state index in [1.807, 2.05) is 12.1 Å². The average Bonchev–Trinajstić information content (AvgIpc) is 2.81. The highest BCUT2D eigenvalue weighted by molar-refractivity contribution is 14.0. The van der Waals surface area contributed by atoms with Crippen LogP contribution in [-0.2, 0) is 6.54 Å². The topological polar surface area (TPSA) is 76.2 Å². The van der Waals surface area contributed by atoms with Crippen molar-refractivity contribution < 1.29 is 0 Å². The molecule has 6 heteroatoms. The fraction of sp³-hybridized carbons (Fsp3) is 0.545. The number of rotatable bonds is 3. The van der Waals surface area contributed by atoms with Crippen molar-refractivity contribution in [2.75, 3.05) is 0 Å². The summed E-state index contributed by atoms with van der Waals surface area (Å²) in [6.07, 6.45) is 6.61. The monoisotopic (exact) mass is 347 g/mol. The van der Waals surface area contributed by atoms with Gasteiger partial charge in [-0.05, 0) is 25.0 Å². The fourth-order valence-corrected chi connectivity index (χ4v) is 1.91. The van der Waals surface area contributed by atoms with Gasteiger partial charge in [0.2, 0.25) is 0 Å². The summed E-state index contributed by atoms with van der Waals surface area (Å²) in [4.78, 5) is 4.24. The van der Waals surface area contributed by atoms with Crippen LogP contribution in [0, 0.1) is 0 Å². The molecule has 1 saturated carbocycles. The minimum atomic E-state index is 0. The molecule has 1 aromatic heterocycles. The number of aromatic nitrogens is 2. The van der Waals surface area contributed by atoms with Gasteiger partial charge in [-0.1, -0.05) is 12.8 Å². The van der Waals surface area contributed by atoms with Crippen LogP contribution in [0.1, 0.15) is 31.4 Å². The molecule has 1 fully saturated rings. The lowest BCUT2D eigenvalue weighted by Gasteiger charge is -2.11. The van der Waals surface area contributed by atoms with Gasteiger partial charge in [-0.25, -0.2) is 4.99 Å². The molecule has 1 aliphatic carbocycles. The SMILES string of the molecule is I.NC(=NCc1cccnn1)NC1CCCC1. The Morgan fingerprint density at radius 1 is 1.47 bits per heavy atom. The normalized spacial score (nSPS) is 16.6. The number of nitrogens with zero attached hydrogens (tertiary/aromatic N) is 3. The second-order valence-electron chi connectivity index (χ2n) is 4.04. The third-order valence-corrected chi connectivity index (χ3v) is 2.75. The fourth-order valence-electron chi connectivity index (χ4n) is 1.91. The molecule has 0 atom stereocenters. The number of guanidine groups is 1. The van der Waals surface area contributed by atoms with Crippen LogP contribution >= 0.6 is 24.0 Å². The quantitative estimate of drug-likeness (QED) is 0.493. The Labute approximate surface area is 118 Å². The van der Waals surface area contributed by atoms with Crippen LogP contribution < -0.4 is 11.1 Å². The third-order valence-electron chi connectivity index (χ3n) is 2.75. The van der Waals surface area contributed by atoms with Crippen LogP contribution in [0.15, 0.2) is 23.3 Å². The van der Waals surface area contributed by atoms with Crippen LogP contribution in [-0.4, -0.2) is 22.2 Å². The molecule has 0 saturated heterocycles. The molecule has 2 rings (SSSR count). The lowest BCUT2D eigenvalue weighted by molar-refractivity contribution is 0.625. The number of nitrogens with two attached hydrogens (primary N) is 1. The van der Waals surface area contributed by atoms with Crippen molar-refractivity contribution in [3.05, 3.63) is 24.0 Å². The van der Waals surface area contributed by atoms with E-state index in [2.05, 4.69) is 20.5 Å². The molecular formula is C11H18IN5. The maximum atomic E-state index is 5.79. The van der Waals surface area contributed by atoms with Gasteiger partial charge in [-0.15, -0.1) is 24.0 Å². The minimum Gasteiger partial charge on any atom is -0.370 e. The van der Waals surface area contributed by atoms with Crippen molar-refractivity contribution in [2.24, 2.45) is 10.7 Å². The van der Waals surface area contributed by atoms with Crippen molar-refractivity contribution in [2.45, 2.75) is 38.3 Å². The van der Waals surface area contributed by atoms with E-state index >= 15 is 0 Å². The van der Waals surface area contributed by atoms with Crippen LogP contribution in [0.5, 0.6) is 0 Å². The molecule has 0 radical (unpaired) electrons. The lowest BCUT2D eigenvalue weighted by Crippen LogP contribution is -2.38. The van der Waals surface area contributed by atoms with Gasteiger partial charge in [-0.2, -0.15) is 10.2 Å². The van der Waals surface area contributed by atoms with E-state index in [9.17, 15) is 0 Å². The average molecular weight is 347 g/mol. The van der Waals surface area contributed by atoms with Crippen molar-refractivity contribution in [1.29, 1.82) is 0 Å². The van der Waals surface area contributed by atoms with Gasteiger partial charge < -0.3 is 11.1 Å². The molecule has 0 aromatic carbocycles. The van der Waals surface area contributed by atoms with Crippen LogP contribution in [0.2, 0.25) is 0 Å². The molecule has 94 valence electrons. The Bertz CT molecular complexity index is 348. The molecule has 17 heavy (non-hydrogen) atoms. The molecule has 1 aromatic rings. The van der Waals surface area contributed by atoms with E-state index in [0.717, 1.165) is 5.69 Å². The molecule has 0 bridgehead atoms. The summed E-state index contributed by atoms with van der Waals surface area (Å²) < 4.78 is 0. The highest BCUT2D eigenvalue weighted by Gasteiger charge is 2.14. The van der Waals surface area contributed by atoms with Gasteiger partial charge in [0.15, 0.2) is 5.96 Å². The van der Waals surface area contributed by atoms with E-state index in [1.54, 1.807) is 6.20 Å².